The van der Waals surface area contributed by atoms with Crippen molar-refractivity contribution in [3.05, 3.63) is 34.8 Å². The van der Waals surface area contributed by atoms with Crippen LogP contribution in [0.25, 0.3) is 0 Å². The van der Waals surface area contributed by atoms with E-state index in [-0.39, 0.29) is 0 Å². The van der Waals surface area contributed by atoms with Gasteiger partial charge >= 0.3 is 0 Å². The molecule has 0 aliphatic rings. The molecule has 5 nitrogen and oxygen atoms in total. The Morgan fingerprint density at radius 1 is 1.16 bits per heavy atom. The first-order valence-electron chi connectivity index (χ1n) is 5.55. The Balaban J connectivity index is 2.30. The molecule has 1 aromatic heterocycles. The van der Waals surface area contributed by atoms with Crippen molar-refractivity contribution in [3.63, 3.8) is 0 Å². The second kappa shape index (κ2) is 5.79. The molecule has 0 unspecified atom stereocenters. The summed E-state index contributed by atoms with van der Waals surface area (Å²) in [6.07, 6.45) is 0. The molecule has 1 aromatic carbocycles. The third-order valence-corrected chi connectivity index (χ3v) is 3.18. The average Bonchev–Trinajstić information content (AvgIpc) is 2.43. The first-order valence-corrected chi connectivity index (χ1v) is 6.34. The van der Waals surface area contributed by atoms with Crippen LogP contribution in [0, 0.1) is 0 Å². The molecular formula is C13H14BrN3O2. The second-order valence-corrected chi connectivity index (χ2v) is 4.62. The summed E-state index contributed by atoms with van der Waals surface area (Å²) in [7, 11) is 3.17. The first kappa shape index (κ1) is 13.5. The summed E-state index contributed by atoms with van der Waals surface area (Å²) in [6, 6.07) is 9.09. The molecule has 0 aliphatic carbocycles. The molecule has 0 fully saturated rings. The number of nitrogen functional groups attached to an aromatic ring is 1. The fraction of sp³-hybridized carbons (Fsp3) is 0.154. The molecule has 0 amide bonds. The number of nitrogens with zero attached hydrogens (tertiary/aromatic N) is 1. The molecule has 0 aliphatic heterocycles. The number of methoxy groups -OCH3 is 2. The molecule has 1 heterocycles. The van der Waals surface area contributed by atoms with Crippen LogP contribution < -0.4 is 20.5 Å². The highest BCUT2D eigenvalue weighted by atomic mass is 79.9. The summed E-state index contributed by atoms with van der Waals surface area (Å²) in [5, 5.41) is 3.13. The summed E-state index contributed by atoms with van der Waals surface area (Å²) < 4.78 is 11.2. The maximum atomic E-state index is 5.87. The van der Waals surface area contributed by atoms with Crippen molar-refractivity contribution in [2.24, 2.45) is 0 Å². The maximum Gasteiger partial charge on any atom is 0.215 e. The van der Waals surface area contributed by atoms with E-state index in [1.807, 2.05) is 18.2 Å². The Kier molecular flexibility index (Phi) is 4.11. The van der Waals surface area contributed by atoms with E-state index in [1.165, 1.54) is 0 Å². The van der Waals surface area contributed by atoms with Crippen molar-refractivity contribution in [2.75, 3.05) is 25.3 Å². The minimum Gasteiger partial charge on any atom is -0.495 e. The Hall–Kier alpha value is -1.95. The fourth-order valence-electron chi connectivity index (χ4n) is 1.54. The van der Waals surface area contributed by atoms with Crippen LogP contribution in [0.3, 0.4) is 0 Å². The quantitative estimate of drug-likeness (QED) is 0.904. The van der Waals surface area contributed by atoms with Gasteiger partial charge in [-0.15, -0.1) is 0 Å². The SMILES string of the molecule is COc1ccc(N)c(Nc2ccc(Br)c(OC)c2)n1. The lowest BCUT2D eigenvalue weighted by molar-refractivity contribution is 0.398. The van der Waals surface area contributed by atoms with Gasteiger partial charge in [-0.3, -0.25) is 0 Å². The van der Waals surface area contributed by atoms with E-state index >= 15 is 0 Å². The third-order valence-electron chi connectivity index (χ3n) is 2.52. The molecule has 6 heteroatoms. The largest absolute Gasteiger partial charge is 0.495 e. The standard InChI is InChI=1S/C13H14BrN3O2/c1-18-11-7-8(3-4-9(11)14)16-13-10(15)5-6-12(17-13)19-2/h3-7H,15H2,1-2H3,(H,16,17). The number of aromatic nitrogens is 1. The Labute approximate surface area is 119 Å². The van der Waals surface area contributed by atoms with Gasteiger partial charge in [0.25, 0.3) is 0 Å². The van der Waals surface area contributed by atoms with E-state index in [0.29, 0.717) is 17.4 Å². The number of anilines is 3. The molecule has 0 saturated heterocycles. The summed E-state index contributed by atoms with van der Waals surface area (Å²) in [4.78, 5) is 4.25. The smallest absolute Gasteiger partial charge is 0.215 e. The fourth-order valence-corrected chi connectivity index (χ4v) is 1.95. The van der Waals surface area contributed by atoms with Crippen molar-refractivity contribution in [1.29, 1.82) is 0 Å². The molecule has 19 heavy (non-hydrogen) atoms. The van der Waals surface area contributed by atoms with Crippen molar-refractivity contribution < 1.29 is 9.47 Å². The maximum absolute atomic E-state index is 5.87. The van der Waals surface area contributed by atoms with Crippen molar-refractivity contribution in [1.82, 2.24) is 4.98 Å². The zero-order valence-corrected chi connectivity index (χ0v) is 12.2. The van der Waals surface area contributed by atoms with E-state index in [4.69, 9.17) is 15.2 Å². The zero-order chi connectivity index (χ0) is 13.8. The van der Waals surface area contributed by atoms with Crippen LogP contribution in [0.2, 0.25) is 0 Å². The molecule has 0 saturated carbocycles. The zero-order valence-electron chi connectivity index (χ0n) is 10.6. The lowest BCUT2D eigenvalue weighted by Gasteiger charge is -2.11. The van der Waals surface area contributed by atoms with Gasteiger partial charge in [0.15, 0.2) is 5.82 Å². The lowest BCUT2D eigenvalue weighted by atomic mass is 10.3. The van der Waals surface area contributed by atoms with E-state index in [9.17, 15) is 0 Å². The van der Waals surface area contributed by atoms with Crippen LogP contribution >= 0.6 is 15.9 Å². The summed E-state index contributed by atoms with van der Waals surface area (Å²) >= 11 is 3.40. The number of nitrogens with one attached hydrogen (secondary N) is 1. The van der Waals surface area contributed by atoms with Gasteiger partial charge in [0, 0.05) is 17.8 Å². The molecule has 100 valence electrons. The number of nitrogens with two attached hydrogens (primary N) is 1. The highest BCUT2D eigenvalue weighted by molar-refractivity contribution is 9.10. The highest BCUT2D eigenvalue weighted by Crippen LogP contribution is 2.30. The summed E-state index contributed by atoms with van der Waals surface area (Å²) in [6.45, 7) is 0. The van der Waals surface area contributed by atoms with Gasteiger partial charge in [0.2, 0.25) is 5.88 Å². The third kappa shape index (κ3) is 3.08. The van der Waals surface area contributed by atoms with Gasteiger partial charge < -0.3 is 20.5 Å². The number of benzene rings is 1. The highest BCUT2D eigenvalue weighted by Gasteiger charge is 2.06. The van der Waals surface area contributed by atoms with E-state index < -0.39 is 0 Å². The van der Waals surface area contributed by atoms with Gasteiger partial charge in [-0.25, -0.2) is 0 Å². The van der Waals surface area contributed by atoms with Gasteiger partial charge in [-0.2, -0.15) is 4.98 Å². The molecule has 3 N–H and O–H groups in total. The molecule has 0 spiro atoms. The van der Waals surface area contributed by atoms with Crippen LogP contribution in [0.1, 0.15) is 0 Å². The molecule has 2 rings (SSSR count). The number of hydrogen-bond donors (Lipinski definition) is 2. The van der Waals surface area contributed by atoms with E-state index in [0.717, 1.165) is 15.9 Å². The van der Waals surface area contributed by atoms with Crippen molar-refractivity contribution in [3.8, 4) is 11.6 Å². The molecule has 0 radical (unpaired) electrons. The number of pyridine rings is 1. The predicted molar refractivity (Wildman–Crippen MR) is 79.2 cm³/mol. The van der Waals surface area contributed by atoms with Gasteiger partial charge in [0.1, 0.15) is 5.75 Å². The van der Waals surface area contributed by atoms with Crippen LogP contribution in [-0.4, -0.2) is 19.2 Å². The normalized spacial score (nSPS) is 10.1. The minimum atomic E-state index is 0.501. The lowest BCUT2D eigenvalue weighted by Crippen LogP contribution is -2.01. The van der Waals surface area contributed by atoms with Crippen LogP contribution in [0.5, 0.6) is 11.6 Å². The van der Waals surface area contributed by atoms with E-state index in [2.05, 4.69) is 26.2 Å². The molecule has 0 bridgehead atoms. The summed E-state index contributed by atoms with van der Waals surface area (Å²) in [5.74, 6) is 1.77. The number of halogens is 1. The van der Waals surface area contributed by atoms with Crippen molar-refractivity contribution >= 4 is 33.1 Å². The topological polar surface area (TPSA) is 69.4 Å². The second-order valence-electron chi connectivity index (χ2n) is 3.77. The monoisotopic (exact) mass is 323 g/mol. The minimum absolute atomic E-state index is 0.501. The average molecular weight is 324 g/mol. The molecular weight excluding hydrogens is 310 g/mol. The van der Waals surface area contributed by atoms with Crippen LogP contribution in [-0.2, 0) is 0 Å². The number of hydrogen-bond acceptors (Lipinski definition) is 5. The Morgan fingerprint density at radius 3 is 2.63 bits per heavy atom. The van der Waals surface area contributed by atoms with Crippen LogP contribution in [0.15, 0.2) is 34.8 Å². The Morgan fingerprint density at radius 2 is 1.95 bits per heavy atom. The Bertz CT molecular complexity index is 590. The first-order chi connectivity index (χ1) is 9.13. The summed E-state index contributed by atoms with van der Waals surface area (Å²) in [5.41, 5.74) is 7.24. The van der Waals surface area contributed by atoms with Gasteiger partial charge in [0.05, 0.1) is 24.4 Å². The van der Waals surface area contributed by atoms with Gasteiger partial charge in [-0.05, 0) is 34.1 Å². The molecule has 2 aromatic rings. The van der Waals surface area contributed by atoms with Crippen LogP contribution in [0.4, 0.5) is 17.2 Å². The molecule has 0 atom stereocenters. The predicted octanol–water partition coefficient (Wildman–Crippen LogP) is 3.19. The van der Waals surface area contributed by atoms with Crippen molar-refractivity contribution in [2.45, 2.75) is 0 Å². The number of rotatable bonds is 4. The van der Waals surface area contributed by atoms with Gasteiger partial charge in [-0.1, -0.05) is 0 Å². The number of ether oxygens (including phenoxy) is 2. The van der Waals surface area contributed by atoms with E-state index in [1.54, 1.807) is 26.4 Å².